The molecule has 0 nitrogen and oxygen atoms in total. The third-order valence-corrected chi connectivity index (χ3v) is 6.69. The van der Waals surface area contributed by atoms with Crippen molar-refractivity contribution in [2.45, 2.75) is 161 Å². The van der Waals surface area contributed by atoms with E-state index < -0.39 is 0 Å². The van der Waals surface area contributed by atoms with Crippen molar-refractivity contribution in [3.63, 3.8) is 0 Å². The summed E-state index contributed by atoms with van der Waals surface area (Å²) in [5.41, 5.74) is 0. The first-order chi connectivity index (χ1) is 12.9. The Labute approximate surface area is 167 Å². The minimum atomic E-state index is 1.06. The number of hydrogen-bond acceptors (Lipinski definition) is 0. The number of hydrogen-bond donors (Lipinski definition) is 0. The molecule has 0 radical (unpaired) electrons. The monoisotopic (exact) mass is 364 g/mol. The van der Waals surface area contributed by atoms with E-state index in [2.05, 4.69) is 6.92 Å². The standard InChI is InChI=1S/C26H52/c1-2-3-4-5-6-11-14-17-20-23-26-24-21-18-15-12-9-7-8-10-13-16-19-22-25-26/h26H,2-25H2,1H3. The lowest BCUT2D eigenvalue weighted by Crippen LogP contribution is -2.01. The molecule has 0 atom stereocenters. The van der Waals surface area contributed by atoms with Gasteiger partial charge in [-0.2, -0.15) is 0 Å². The Morgan fingerprint density at radius 2 is 0.769 bits per heavy atom. The van der Waals surface area contributed by atoms with E-state index in [1.54, 1.807) is 0 Å². The van der Waals surface area contributed by atoms with Crippen LogP contribution in [-0.2, 0) is 0 Å². The van der Waals surface area contributed by atoms with Gasteiger partial charge in [0.05, 0.1) is 0 Å². The van der Waals surface area contributed by atoms with Crippen LogP contribution in [0.15, 0.2) is 0 Å². The summed E-state index contributed by atoms with van der Waals surface area (Å²) in [4.78, 5) is 0. The van der Waals surface area contributed by atoms with Gasteiger partial charge in [0.25, 0.3) is 0 Å². The maximum Gasteiger partial charge on any atom is -0.0414 e. The van der Waals surface area contributed by atoms with Crippen LogP contribution in [0.2, 0.25) is 0 Å². The molecule has 0 aromatic heterocycles. The molecular formula is C26H52. The van der Waals surface area contributed by atoms with Gasteiger partial charge in [-0.05, 0) is 5.92 Å². The summed E-state index contributed by atoms with van der Waals surface area (Å²) < 4.78 is 0. The Kier molecular flexibility index (Phi) is 18.3. The molecule has 156 valence electrons. The Bertz CT molecular complexity index is 241. The molecule has 0 aliphatic heterocycles. The fourth-order valence-corrected chi connectivity index (χ4v) is 4.81. The van der Waals surface area contributed by atoms with Gasteiger partial charge in [-0.1, -0.05) is 161 Å². The van der Waals surface area contributed by atoms with Crippen molar-refractivity contribution >= 4 is 0 Å². The van der Waals surface area contributed by atoms with Gasteiger partial charge in [-0.15, -0.1) is 0 Å². The molecule has 0 saturated heterocycles. The first kappa shape index (κ1) is 24.0. The summed E-state index contributed by atoms with van der Waals surface area (Å²) in [6.45, 7) is 2.31. The lowest BCUT2D eigenvalue weighted by Gasteiger charge is -2.17. The van der Waals surface area contributed by atoms with Crippen molar-refractivity contribution in [1.82, 2.24) is 0 Å². The Balaban J connectivity index is 2.07. The summed E-state index contributed by atoms with van der Waals surface area (Å²) in [7, 11) is 0. The van der Waals surface area contributed by atoms with Crippen molar-refractivity contribution in [3.8, 4) is 0 Å². The van der Waals surface area contributed by atoms with Crippen LogP contribution in [0.4, 0.5) is 0 Å². The number of unbranched alkanes of at least 4 members (excludes halogenated alkanes) is 8. The lowest BCUT2D eigenvalue weighted by molar-refractivity contribution is 0.366. The number of rotatable bonds is 10. The maximum atomic E-state index is 2.31. The van der Waals surface area contributed by atoms with Crippen LogP contribution in [-0.4, -0.2) is 0 Å². The molecule has 0 amide bonds. The second-order valence-corrected chi connectivity index (χ2v) is 9.30. The molecule has 1 fully saturated rings. The highest BCUT2D eigenvalue weighted by molar-refractivity contribution is 4.62. The second-order valence-electron chi connectivity index (χ2n) is 9.30. The predicted octanol–water partition coefficient (Wildman–Crippen LogP) is 10.00. The molecule has 1 rings (SSSR count). The van der Waals surface area contributed by atoms with Gasteiger partial charge in [0.1, 0.15) is 0 Å². The molecule has 0 heterocycles. The summed E-state index contributed by atoms with van der Waals surface area (Å²) in [5, 5.41) is 0. The molecule has 0 heteroatoms. The van der Waals surface area contributed by atoms with Gasteiger partial charge >= 0.3 is 0 Å². The van der Waals surface area contributed by atoms with Gasteiger partial charge in [0.15, 0.2) is 0 Å². The van der Waals surface area contributed by atoms with Gasteiger partial charge < -0.3 is 0 Å². The van der Waals surface area contributed by atoms with E-state index in [1.807, 2.05) is 0 Å². The molecule has 26 heavy (non-hydrogen) atoms. The minimum absolute atomic E-state index is 1.06. The third kappa shape index (κ3) is 16.2. The smallest absolute Gasteiger partial charge is 0.0414 e. The van der Waals surface area contributed by atoms with E-state index in [4.69, 9.17) is 0 Å². The first-order valence-corrected chi connectivity index (χ1v) is 12.9. The summed E-state index contributed by atoms with van der Waals surface area (Å²) >= 11 is 0. The van der Waals surface area contributed by atoms with Crippen LogP contribution in [0.1, 0.15) is 161 Å². The van der Waals surface area contributed by atoms with Crippen LogP contribution < -0.4 is 0 Å². The zero-order chi connectivity index (χ0) is 18.5. The summed E-state index contributed by atoms with van der Waals surface area (Å²) in [5.74, 6) is 1.06. The van der Waals surface area contributed by atoms with E-state index in [9.17, 15) is 0 Å². The Morgan fingerprint density at radius 1 is 0.423 bits per heavy atom. The van der Waals surface area contributed by atoms with E-state index in [1.165, 1.54) is 154 Å². The van der Waals surface area contributed by atoms with Gasteiger partial charge in [0, 0.05) is 0 Å². The van der Waals surface area contributed by atoms with E-state index in [0.29, 0.717) is 0 Å². The normalized spacial score (nSPS) is 19.7. The molecule has 1 aliphatic carbocycles. The minimum Gasteiger partial charge on any atom is -0.0654 e. The summed E-state index contributed by atoms with van der Waals surface area (Å²) in [6.07, 6.45) is 36.0. The average Bonchev–Trinajstić information content (AvgIpc) is 2.66. The molecule has 0 bridgehead atoms. The summed E-state index contributed by atoms with van der Waals surface area (Å²) in [6, 6.07) is 0. The third-order valence-electron chi connectivity index (χ3n) is 6.69. The van der Waals surface area contributed by atoms with Crippen LogP contribution in [0, 0.1) is 5.92 Å². The van der Waals surface area contributed by atoms with Crippen LogP contribution in [0.25, 0.3) is 0 Å². The molecule has 0 aromatic rings. The quantitative estimate of drug-likeness (QED) is 0.338. The Morgan fingerprint density at radius 3 is 1.19 bits per heavy atom. The van der Waals surface area contributed by atoms with Crippen molar-refractivity contribution in [2.75, 3.05) is 0 Å². The highest BCUT2D eigenvalue weighted by atomic mass is 14.1. The lowest BCUT2D eigenvalue weighted by atomic mass is 9.89. The molecule has 0 aromatic carbocycles. The van der Waals surface area contributed by atoms with Crippen molar-refractivity contribution < 1.29 is 0 Å². The van der Waals surface area contributed by atoms with Crippen LogP contribution in [0.5, 0.6) is 0 Å². The topological polar surface area (TPSA) is 0 Å². The fourth-order valence-electron chi connectivity index (χ4n) is 4.81. The van der Waals surface area contributed by atoms with E-state index >= 15 is 0 Å². The Hall–Kier alpha value is 0. The van der Waals surface area contributed by atoms with Gasteiger partial charge in [-0.25, -0.2) is 0 Å². The van der Waals surface area contributed by atoms with Crippen LogP contribution >= 0.6 is 0 Å². The van der Waals surface area contributed by atoms with Crippen molar-refractivity contribution in [2.24, 2.45) is 5.92 Å². The molecule has 0 spiro atoms. The van der Waals surface area contributed by atoms with Crippen molar-refractivity contribution in [1.29, 1.82) is 0 Å². The fraction of sp³-hybridized carbons (Fsp3) is 1.00. The average molecular weight is 365 g/mol. The first-order valence-electron chi connectivity index (χ1n) is 12.9. The zero-order valence-electron chi connectivity index (χ0n) is 18.5. The second kappa shape index (κ2) is 19.8. The molecule has 1 aliphatic rings. The maximum absolute atomic E-state index is 2.31. The highest BCUT2D eigenvalue weighted by Gasteiger charge is 2.09. The van der Waals surface area contributed by atoms with Crippen molar-refractivity contribution in [3.05, 3.63) is 0 Å². The highest BCUT2D eigenvalue weighted by Crippen LogP contribution is 2.25. The SMILES string of the molecule is CCCCCCCCCCCC1CCCCCCCCCCCCCC1. The predicted molar refractivity (Wildman–Crippen MR) is 120 cm³/mol. The molecule has 1 saturated carbocycles. The van der Waals surface area contributed by atoms with E-state index in [0.717, 1.165) is 5.92 Å². The molecule has 0 unspecified atom stereocenters. The van der Waals surface area contributed by atoms with E-state index in [-0.39, 0.29) is 0 Å². The van der Waals surface area contributed by atoms with Crippen LogP contribution in [0.3, 0.4) is 0 Å². The van der Waals surface area contributed by atoms with Gasteiger partial charge in [-0.3, -0.25) is 0 Å². The van der Waals surface area contributed by atoms with Gasteiger partial charge in [0.2, 0.25) is 0 Å². The largest absolute Gasteiger partial charge is 0.0654 e. The molecular weight excluding hydrogens is 312 g/mol. The zero-order valence-corrected chi connectivity index (χ0v) is 18.5. The molecule has 0 N–H and O–H groups in total.